The van der Waals surface area contributed by atoms with Crippen LogP contribution in [0.4, 0.5) is 64.1 Å². The van der Waals surface area contributed by atoms with Gasteiger partial charge in [-0.25, -0.2) is 19.2 Å². The Morgan fingerprint density at radius 2 is 0.728 bits per heavy atom. The molecule has 0 saturated heterocycles. The molecule has 0 saturated carbocycles. The third-order valence-corrected chi connectivity index (χ3v) is 12.0. The Morgan fingerprint density at radius 3 is 1.02 bits per heavy atom. The number of nitrogens with zero attached hydrogens (tertiary/aromatic N) is 2. The van der Waals surface area contributed by atoms with Crippen molar-refractivity contribution in [3.63, 3.8) is 0 Å². The first-order valence-corrected chi connectivity index (χ1v) is 24.9. The number of aliphatic carboxylic acids is 4. The van der Waals surface area contributed by atoms with Crippen LogP contribution in [0, 0.1) is 0 Å². The predicted molar refractivity (Wildman–Crippen MR) is 282 cm³/mol. The zero-order chi connectivity index (χ0) is 60.6. The van der Waals surface area contributed by atoms with Gasteiger partial charge in [-0.2, -0.15) is 52.7 Å². The van der Waals surface area contributed by atoms with Gasteiger partial charge in [0, 0.05) is 80.5 Å². The number of carbonyl (C=O) groups is 4. The van der Waals surface area contributed by atoms with Crippen LogP contribution in [0.25, 0.3) is 42.7 Å². The van der Waals surface area contributed by atoms with Crippen molar-refractivity contribution in [2.45, 2.75) is 63.5 Å². The first kappa shape index (κ1) is 67.8. The van der Waals surface area contributed by atoms with Gasteiger partial charge >= 0.3 is 48.6 Å². The second kappa shape index (κ2) is 32.1. The molecular weight excluding hydrogens is 1170 g/mol. The van der Waals surface area contributed by atoms with Crippen LogP contribution < -0.4 is 21.3 Å². The fourth-order valence-electron chi connectivity index (χ4n) is 6.43. The minimum absolute atomic E-state index is 0.709. The number of halogens is 14. The summed E-state index contributed by atoms with van der Waals surface area (Å²) in [5.41, 5.74) is 9.17. The maximum Gasteiger partial charge on any atom is 0.490 e. The first-order valence-electron chi connectivity index (χ1n) is 23.3. The summed E-state index contributed by atoms with van der Waals surface area (Å²) in [4.78, 5) is 47.0. The molecule has 29 heteroatoms. The Kier molecular flexibility index (Phi) is 26.9. The topological polar surface area (TPSA) is 223 Å². The number of unbranched alkanes of at least 4 members (excludes halogenated alkanes) is 2. The average molecular weight is 1220 g/mol. The lowest BCUT2D eigenvalue weighted by Crippen LogP contribution is -2.21. The van der Waals surface area contributed by atoms with Gasteiger partial charge in [0.05, 0.1) is 11.0 Å². The lowest BCUT2D eigenvalue weighted by Gasteiger charge is -2.10. The molecule has 0 spiro atoms. The molecule has 0 radical (unpaired) electrons. The highest BCUT2D eigenvalue weighted by Gasteiger charge is 2.40. The van der Waals surface area contributed by atoms with Crippen molar-refractivity contribution in [3.8, 4) is 20.9 Å². The van der Waals surface area contributed by atoms with E-state index in [0.717, 1.165) is 98.1 Å². The molecule has 4 aromatic carbocycles. The Hall–Kier alpha value is -7.46. The third kappa shape index (κ3) is 25.3. The summed E-state index contributed by atoms with van der Waals surface area (Å²) in [6.45, 7) is 5.56. The fourth-order valence-corrected chi connectivity index (χ4v) is 7.78. The molecule has 0 aliphatic rings. The van der Waals surface area contributed by atoms with E-state index in [-0.39, 0.29) is 0 Å². The van der Waals surface area contributed by atoms with Crippen LogP contribution in [0.5, 0.6) is 0 Å². The second-order valence-corrected chi connectivity index (χ2v) is 18.4. The Morgan fingerprint density at radius 1 is 0.432 bits per heavy atom. The van der Waals surface area contributed by atoms with Gasteiger partial charge in [-0.15, -0.1) is 11.3 Å². The Labute approximate surface area is 466 Å². The number of thiophene rings is 1. The number of alkyl halides is 12. The summed E-state index contributed by atoms with van der Waals surface area (Å²) in [7, 11) is 0. The van der Waals surface area contributed by atoms with Crippen LogP contribution in [0.2, 0.25) is 10.0 Å². The van der Waals surface area contributed by atoms with E-state index in [1.54, 1.807) is 0 Å². The molecule has 14 nitrogen and oxygen atoms in total. The molecule has 438 valence electrons. The number of benzene rings is 4. The summed E-state index contributed by atoms with van der Waals surface area (Å²) >= 11 is 14.1. The highest BCUT2D eigenvalue weighted by molar-refractivity contribution is 7.18. The van der Waals surface area contributed by atoms with Gasteiger partial charge in [0.25, 0.3) is 0 Å². The van der Waals surface area contributed by atoms with Crippen LogP contribution in [-0.4, -0.2) is 105 Å². The smallest absolute Gasteiger partial charge is 0.475 e. The summed E-state index contributed by atoms with van der Waals surface area (Å²) in [5.74, 6) is -11.0. The number of anilines is 2. The summed E-state index contributed by atoms with van der Waals surface area (Å²) in [6, 6.07) is 38.1. The van der Waals surface area contributed by atoms with Crippen molar-refractivity contribution >= 4 is 91.6 Å². The summed E-state index contributed by atoms with van der Waals surface area (Å²) in [5, 5.41) is 46.4. The number of carboxylic acid groups (broad SMARTS) is 4. The lowest BCUT2D eigenvalue weighted by molar-refractivity contribution is -0.193. The van der Waals surface area contributed by atoms with Crippen LogP contribution in [0.3, 0.4) is 0 Å². The van der Waals surface area contributed by atoms with Crippen molar-refractivity contribution in [1.82, 2.24) is 20.6 Å². The maximum absolute atomic E-state index is 10.6. The molecule has 81 heavy (non-hydrogen) atoms. The number of fused-ring (bicyclic) bond motifs is 2. The van der Waals surface area contributed by atoms with Gasteiger partial charge in [-0.05, 0) is 122 Å². The maximum atomic E-state index is 10.6. The molecule has 0 bridgehead atoms. The molecule has 3 heterocycles. The molecule has 0 amide bonds. The van der Waals surface area contributed by atoms with Gasteiger partial charge in [0.2, 0.25) is 0 Å². The summed E-state index contributed by atoms with van der Waals surface area (Å²) in [6.07, 6.45) is -12.3. The second-order valence-electron chi connectivity index (χ2n) is 16.4. The standard InChI is InChI=1S/C44H44Cl2N6S.4C2HF3O2/c45-35-13-15-37-39(19-25-51-41(37)27-35)49-23-3-1-21-47-29-31-5-9-33(10-6-31)43-17-18-44(53-43)34-11-7-32(8-12-34)30-48-22-2-4-24-50-40-20-26-52-42-28-36(46)14-16-38(40)42;4*3-2(4,5)1(6)7/h5-20,25-28,47-48H,1-4,21-24,29-30H2,(H,49,51)(H,50,52);4*(H,6,7). The van der Waals surface area contributed by atoms with E-state index < -0.39 is 48.6 Å². The number of hydrogen-bond donors (Lipinski definition) is 8. The molecule has 0 aliphatic carbocycles. The number of carboxylic acids is 4. The normalized spacial score (nSPS) is 11.3. The number of nitrogens with one attached hydrogen (secondary N) is 4. The van der Waals surface area contributed by atoms with E-state index in [1.165, 1.54) is 32.0 Å². The van der Waals surface area contributed by atoms with Crippen molar-refractivity contribution in [2.24, 2.45) is 0 Å². The molecule has 3 aromatic heterocycles. The van der Waals surface area contributed by atoms with E-state index in [2.05, 4.69) is 91.9 Å². The zero-order valence-electron chi connectivity index (χ0n) is 41.6. The largest absolute Gasteiger partial charge is 0.490 e. The molecule has 8 N–H and O–H groups in total. The SMILES string of the molecule is Clc1ccc2c(NCCCCNCc3ccc(-c4ccc(-c5ccc(CNCCCCNc6ccnc7cc(Cl)ccc67)cc5)s4)cc3)ccnc2c1.O=C(O)C(F)(F)F.O=C(O)C(F)(F)F.O=C(O)C(F)(F)F.O=C(O)C(F)(F)F. The predicted octanol–water partition coefficient (Wildman–Crippen LogP) is 14.0. The molecule has 0 aliphatic heterocycles. The van der Waals surface area contributed by atoms with Gasteiger partial charge in [-0.3, -0.25) is 9.97 Å². The van der Waals surface area contributed by atoms with Gasteiger partial charge in [0.15, 0.2) is 0 Å². The van der Waals surface area contributed by atoms with E-state index in [0.29, 0.717) is 10.0 Å². The minimum atomic E-state index is -5.08. The van der Waals surface area contributed by atoms with Crippen molar-refractivity contribution in [2.75, 3.05) is 36.8 Å². The molecule has 7 aromatic rings. The van der Waals surface area contributed by atoms with Gasteiger partial charge in [0.1, 0.15) is 0 Å². The molecule has 0 atom stereocenters. The van der Waals surface area contributed by atoms with E-state index in [1.807, 2.05) is 72.3 Å². The fraction of sp³-hybridized carbons (Fsp3) is 0.269. The zero-order valence-corrected chi connectivity index (χ0v) is 44.0. The Balaban J connectivity index is 0.000000505. The molecule has 7 rings (SSSR count). The van der Waals surface area contributed by atoms with Crippen molar-refractivity contribution in [1.29, 1.82) is 0 Å². The summed E-state index contributed by atoms with van der Waals surface area (Å²) < 4.78 is 127. The van der Waals surface area contributed by atoms with E-state index in [9.17, 15) is 52.7 Å². The van der Waals surface area contributed by atoms with Crippen LogP contribution >= 0.6 is 34.5 Å². The van der Waals surface area contributed by atoms with Crippen molar-refractivity contribution < 1.29 is 92.3 Å². The van der Waals surface area contributed by atoms with Crippen LogP contribution in [-0.2, 0) is 32.3 Å². The third-order valence-electron chi connectivity index (χ3n) is 10.3. The molecule has 0 unspecified atom stereocenters. The number of aromatic nitrogens is 2. The van der Waals surface area contributed by atoms with Crippen LogP contribution in [0.1, 0.15) is 36.8 Å². The minimum Gasteiger partial charge on any atom is -0.475 e. The van der Waals surface area contributed by atoms with E-state index in [4.69, 9.17) is 62.8 Å². The van der Waals surface area contributed by atoms with Gasteiger partial charge in [-0.1, -0.05) is 71.7 Å². The number of rotatable bonds is 18. The highest BCUT2D eigenvalue weighted by Crippen LogP contribution is 2.35. The number of hydrogen-bond acceptors (Lipinski definition) is 11. The average Bonchev–Trinajstić information content (AvgIpc) is 3.96. The first-order chi connectivity index (χ1) is 37.9. The molecule has 0 fully saturated rings. The molecular formula is C52H48Cl2F12N6O8S. The number of pyridine rings is 2. The van der Waals surface area contributed by atoms with Crippen LogP contribution in [0.15, 0.2) is 122 Å². The highest BCUT2D eigenvalue weighted by atomic mass is 35.5. The van der Waals surface area contributed by atoms with Gasteiger partial charge < -0.3 is 41.7 Å². The quantitative estimate of drug-likeness (QED) is 0.0296. The van der Waals surface area contributed by atoms with E-state index >= 15 is 0 Å². The lowest BCUT2D eigenvalue weighted by atomic mass is 10.1. The monoisotopic (exact) mass is 1210 g/mol. The Bertz CT molecular complexity index is 2880. The van der Waals surface area contributed by atoms with Crippen molar-refractivity contribution in [3.05, 3.63) is 143 Å².